The standard InChI is InChI=1S/C20H22N4O4/c25-18(22-14-15-3-2-8-21-13-15)16-4-1-5-17(23-16)19(26)24-9-6-20(7-10-24)27-11-12-28-20/h1-5,8,13H,6-7,9-12,14H2,(H,22,25). The first-order valence-electron chi connectivity index (χ1n) is 9.37. The van der Waals surface area contributed by atoms with Crippen molar-refractivity contribution < 1.29 is 19.1 Å². The quantitative estimate of drug-likeness (QED) is 0.859. The molecule has 2 aromatic heterocycles. The number of likely N-dealkylation sites (tertiary alicyclic amines) is 1. The first-order valence-corrected chi connectivity index (χ1v) is 9.37. The Morgan fingerprint density at radius 1 is 1.07 bits per heavy atom. The molecule has 2 aromatic rings. The Morgan fingerprint density at radius 3 is 2.54 bits per heavy atom. The average Bonchev–Trinajstić information content (AvgIpc) is 3.21. The lowest BCUT2D eigenvalue weighted by Gasteiger charge is -2.37. The maximum absolute atomic E-state index is 12.8. The van der Waals surface area contributed by atoms with Gasteiger partial charge >= 0.3 is 0 Å². The van der Waals surface area contributed by atoms with Crippen molar-refractivity contribution in [3.05, 3.63) is 59.7 Å². The highest BCUT2D eigenvalue weighted by molar-refractivity contribution is 5.96. The van der Waals surface area contributed by atoms with Crippen molar-refractivity contribution in [2.24, 2.45) is 0 Å². The molecule has 4 heterocycles. The SMILES string of the molecule is O=C(NCc1cccnc1)c1cccc(C(=O)N2CCC3(CC2)OCCO3)n1. The van der Waals surface area contributed by atoms with E-state index in [0.717, 1.165) is 5.56 Å². The van der Waals surface area contributed by atoms with Gasteiger partial charge in [0.05, 0.1) is 13.2 Å². The van der Waals surface area contributed by atoms with Crippen LogP contribution in [0.15, 0.2) is 42.7 Å². The van der Waals surface area contributed by atoms with Crippen molar-refractivity contribution in [3.8, 4) is 0 Å². The smallest absolute Gasteiger partial charge is 0.272 e. The van der Waals surface area contributed by atoms with E-state index in [2.05, 4.69) is 15.3 Å². The zero-order valence-corrected chi connectivity index (χ0v) is 15.5. The van der Waals surface area contributed by atoms with Crippen LogP contribution in [0.3, 0.4) is 0 Å². The van der Waals surface area contributed by atoms with Gasteiger partial charge in [0.1, 0.15) is 11.4 Å². The van der Waals surface area contributed by atoms with Crippen molar-refractivity contribution in [1.29, 1.82) is 0 Å². The highest BCUT2D eigenvalue weighted by Crippen LogP contribution is 2.31. The summed E-state index contributed by atoms with van der Waals surface area (Å²) in [5.41, 5.74) is 1.37. The number of ether oxygens (including phenoxy) is 2. The molecule has 2 saturated heterocycles. The van der Waals surface area contributed by atoms with E-state index in [1.165, 1.54) is 0 Å². The van der Waals surface area contributed by atoms with Gasteiger partial charge in [-0.15, -0.1) is 0 Å². The monoisotopic (exact) mass is 382 g/mol. The second-order valence-electron chi connectivity index (χ2n) is 6.85. The van der Waals surface area contributed by atoms with Gasteiger partial charge in [-0.3, -0.25) is 14.6 Å². The minimum atomic E-state index is -0.530. The number of nitrogens with zero attached hydrogens (tertiary/aromatic N) is 3. The number of carbonyl (C=O) groups is 2. The molecule has 2 amide bonds. The summed E-state index contributed by atoms with van der Waals surface area (Å²) in [7, 11) is 0. The van der Waals surface area contributed by atoms with Crippen LogP contribution in [0.1, 0.15) is 39.4 Å². The molecule has 4 rings (SSSR count). The first kappa shape index (κ1) is 18.5. The highest BCUT2D eigenvalue weighted by atomic mass is 16.7. The average molecular weight is 382 g/mol. The van der Waals surface area contributed by atoms with Gasteiger partial charge in [-0.25, -0.2) is 4.98 Å². The van der Waals surface area contributed by atoms with Gasteiger partial charge in [-0.05, 0) is 23.8 Å². The molecular weight excluding hydrogens is 360 g/mol. The molecule has 8 heteroatoms. The predicted octanol–water partition coefficient (Wildman–Crippen LogP) is 1.39. The molecule has 28 heavy (non-hydrogen) atoms. The van der Waals surface area contributed by atoms with Crippen LogP contribution in [0, 0.1) is 0 Å². The summed E-state index contributed by atoms with van der Waals surface area (Å²) in [6, 6.07) is 8.59. The first-order chi connectivity index (χ1) is 13.7. The Bertz CT molecular complexity index is 842. The Balaban J connectivity index is 1.37. The third-order valence-electron chi connectivity index (χ3n) is 5.00. The van der Waals surface area contributed by atoms with Crippen LogP contribution in [0.2, 0.25) is 0 Å². The van der Waals surface area contributed by atoms with Crippen LogP contribution in [0.5, 0.6) is 0 Å². The van der Waals surface area contributed by atoms with Gasteiger partial charge in [0.2, 0.25) is 0 Å². The zero-order chi connectivity index (χ0) is 19.4. The lowest BCUT2D eigenvalue weighted by molar-refractivity contribution is -0.181. The van der Waals surface area contributed by atoms with Crippen molar-refractivity contribution in [3.63, 3.8) is 0 Å². The zero-order valence-electron chi connectivity index (χ0n) is 15.5. The molecule has 0 bridgehead atoms. The van der Waals surface area contributed by atoms with Crippen LogP contribution in [0.4, 0.5) is 0 Å². The fourth-order valence-electron chi connectivity index (χ4n) is 3.45. The van der Waals surface area contributed by atoms with E-state index in [1.807, 2.05) is 12.1 Å². The molecule has 1 spiro atoms. The maximum atomic E-state index is 12.8. The summed E-state index contributed by atoms with van der Waals surface area (Å²) in [5.74, 6) is -1.04. The molecule has 8 nitrogen and oxygen atoms in total. The van der Waals surface area contributed by atoms with Gasteiger partial charge in [0.15, 0.2) is 5.79 Å². The van der Waals surface area contributed by atoms with Gasteiger partial charge < -0.3 is 19.7 Å². The van der Waals surface area contributed by atoms with Gasteiger partial charge in [0.25, 0.3) is 11.8 Å². The van der Waals surface area contributed by atoms with Crippen LogP contribution in [-0.4, -0.2) is 58.8 Å². The number of amides is 2. The molecule has 146 valence electrons. The molecule has 0 radical (unpaired) electrons. The van der Waals surface area contributed by atoms with E-state index in [-0.39, 0.29) is 23.2 Å². The van der Waals surface area contributed by atoms with E-state index in [0.29, 0.717) is 45.7 Å². The topological polar surface area (TPSA) is 93.7 Å². The predicted molar refractivity (Wildman–Crippen MR) is 99.4 cm³/mol. The molecule has 2 aliphatic heterocycles. The van der Waals surface area contributed by atoms with Crippen LogP contribution >= 0.6 is 0 Å². The van der Waals surface area contributed by atoms with Crippen LogP contribution in [-0.2, 0) is 16.0 Å². The summed E-state index contributed by atoms with van der Waals surface area (Å²) in [6.45, 7) is 2.63. The number of piperidine rings is 1. The largest absolute Gasteiger partial charge is 0.347 e. The second kappa shape index (κ2) is 8.04. The number of carbonyl (C=O) groups excluding carboxylic acids is 2. The summed E-state index contributed by atoms with van der Waals surface area (Å²) < 4.78 is 11.4. The van der Waals surface area contributed by atoms with Crippen molar-refractivity contribution in [1.82, 2.24) is 20.2 Å². The van der Waals surface area contributed by atoms with Crippen molar-refractivity contribution in [2.75, 3.05) is 26.3 Å². The van der Waals surface area contributed by atoms with Gasteiger partial charge in [0, 0.05) is 44.9 Å². The Kier molecular flexibility index (Phi) is 5.31. The number of rotatable bonds is 4. The molecule has 0 saturated carbocycles. The van der Waals surface area contributed by atoms with E-state index in [9.17, 15) is 9.59 Å². The Labute approximate surface area is 162 Å². The normalized spacial score (nSPS) is 18.2. The molecule has 1 N–H and O–H groups in total. The molecule has 2 aliphatic rings. The fraction of sp³-hybridized carbons (Fsp3) is 0.400. The highest BCUT2D eigenvalue weighted by Gasteiger charge is 2.41. The number of hydrogen-bond acceptors (Lipinski definition) is 6. The summed E-state index contributed by atoms with van der Waals surface area (Å²) in [5, 5.41) is 2.79. The maximum Gasteiger partial charge on any atom is 0.272 e. The number of nitrogens with one attached hydrogen (secondary N) is 1. The van der Waals surface area contributed by atoms with E-state index in [1.54, 1.807) is 35.5 Å². The minimum absolute atomic E-state index is 0.185. The lowest BCUT2D eigenvalue weighted by atomic mass is 10.0. The van der Waals surface area contributed by atoms with Crippen molar-refractivity contribution in [2.45, 2.75) is 25.2 Å². The lowest BCUT2D eigenvalue weighted by Crippen LogP contribution is -2.47. The van der Waals surface area contributed by atoms with E-state index >= 15 is 0 Å². The van der Waals surface area contributed by atoms with E-state index in [4.69, 9.17) is 9.47 Å². The molecule has 0 aromatic carbocycles. The fourth-order valence-corrected chi connectivity index (χ4v) is 3.45. The number of pyridine rings is 2. The summed E-state index contributed by atoms with van der Waals surface area (Å²) in [4.78, 5) is 35.2. The third-order valence-corrected chi connectivity index (χ3v) is 5.00. The number of aromatic nitrogens is 2. The Morgan fingerprint density at radius 2 is 1.82 bits per heavy atom. The summed E-state index contributed by atoms with van der Waals surface area (Å²) in [6.07, 6.45) is 4.65. The van der Waals surface area contributed by atoms with Crippen LogP contribution in [0.25, 0.3) is 0 Å². The van der Waals surface area contributed by atoms with Crippen molar-refractivity contribution >= 4 is 11.8 Å². The minimum Gasteiger partial charge on any atom is -0.347 e. The summed E-state index contributed by atoms with van der Waals surface area (Å²) >= 11 is 0. The van der Waals surface area contributed by atoms with Gasteiger partial charge in [-0.2, -0.15) is 0 Å². The second-order valence-corrected chi connectivity index (χ2v) is 6.85. The van der Waals surface area contributed by atoms with E-state index < -0.39 is 5.79 Å². The van der Waals surface area contributed by atoms with Crippen LogP contribution < -0.4 is 5.32 Å². The number of hydrogen-bond donors (Lipinski definition) is 1. The molecule has 0 aliphatic carbocycles. The molecule has 2 fully saturated rings. The molecular formula is C20H22N4O4. The third kappa shape index (κ3) is 4.02. The van der Waals surface area contributed by atoms with Gasteiger partial charge in [-0.1, -0.05) is 12.1 Å². The Hall–Kier alpha value is -2.84. The molecule has 0 unspecified atom stereocenters. The molecule has 0 atom stereocenters.